The molecule has 158 valence electrons. The number of ether oxygens (including phenoxy) is 3. The Morgan fingerprint density at radius 2 is 2.14 bits per heavy atom. The predicted octanol–water partition coefficient (Wildman–Crippen LogP) is 1.00. The van der Waals surface area contributed by atoms with E-state index in [0.717, 1.165) is 0 Å². The second kappa shape index (κ2) is 7.11. The van der Waals surface area contributed by atoms with Crippen LogP contribution in [0.2, 0.25) is 0 Å². The molecule has 8 nitrogen and oxygen atoms in total. The molecule has 1 unspecified atom stereocenters. The molecule has 0 aromatic carbocycles. The van der Waals surface area contributed by atoms with Crippen LogP contribution in [0.15, 0.2) is 36.0 Å². The molecule has 1 fully saturated rings. The first-order valence-electron chi connectivity index (χ1n) is 9.66. The van der Waals surface area contributed by atoms with Gasteiger partial charge in [-0.3, -0.25) is 9.28 Å². The highest BCUT2D eigenvalue weighted by molar-refractivity contribution is 5.92. The number of hydrogen-bond donors (Lipinski definition) is 1. The molecule has 3 aliphatic rings. The summed E-state index contributed by atoms with van der Waals surface area (Å²) in [5.41, 5.74) is -2.54. The van der Waals surface area contributed by atoms with Gasteiger partial charge in [0.15, 0.2) is 6.10 Å². The zero-order valence-corrected chi connectivity index (χ0v) is 17.3. The molecule has 0 amide bonds. The Morgan fingerprint density at radius 3 is 2.76 bits per heavy atom. The first-order valence-corrected chi connectivity index (χ1v) is 9.66. The monoisotopic (exact) mass is 406 g/mol. The van der Waals surface area contributed by atoms with Gasteiger partial charge in [0.05, 0.1) is 24.7 Å². The number of aliphatic hydroxyl groups is 1. The molecule has 3 rings (SSSR count). The van der Waals surface area contributed by atoms with Crippen molar-refractivity contribution in [2.24, 2.45) is 5.92 Å². The van der Waals surface area contributed by atoms with Crippen molar-refractivity contribution in [3.63, 3.8) is 0 Å². The highest BCUT2D eigenvalue weighted by atomic mass is 16.6. The van der Waals surface area contributed by atoms with E-state index in [4.69, 9.17) is 14.2 Å². The smallest absolute Gasteiger partial charge is 0.351 e. The summed E-state index contributed by atoms with van der Waals surface area (Å²) in [6.07, 6.45) is 4.32. The molecule has 0 bridgehead atoms. The maximum atomic E-state index is 12.9. The van der Waals surface area contributed by atoms with Crippen LogP contribution in [0, 0.1) is 5.92 Å². The minimum Gasteiger partial charge on any atom is -0.458 e. The van der Waals surface area contributed by atoms with Crippen LogP contribution in [0.25, 0.3) is 0 Å². The third-order valence-electron chi connectivity index (χ3n) is 6.49. The molecule has 0 aliphatic carbocycles. The van der Waals surface area contributed by atoms with Crippen LogP contribution in [0.3, 0.4) is 0 Å². The van der Waals surface area contributed by atoms with E-state index in [1.165, 1.54) is 26.0 Å². The fraction of sp³-hybridized carbons (Fsp3) is 0.571. The molecule has 1 N–H and O–H groups in total. The molecule has 8 heteroatoms. The van der Waals surface area contributed by atoms with Gasteiger partial charge in [-0.05, 0) is 13.0 Å². The Balaban J connectivity index is 2.08. The third kappa shape index (κ3) is 3.20. The second-order valence-electron chi connectivity index (χ2n) is 8.33. The molecule has 0 aromatic rings. The standard InChI is InChI=1S/C21H28NO7/c1-6-15-11-13(2)20(4,29-14(3)23)19(25)27-12-16-7-9-22(5)10-8-17(21(16,22)26)28-18(15)24/h6-7,11,13,17,26H,1,8-10,12H2,2-5H3/q+1/b15-11-/t13-,17+,20-,21-,22?/m1/s1. The van der Waals surface area contributed by atoms with E-state index in [-0.39, 0.29) is 16.7 Å². The lowest BCUT2D eigenvalue weighted by atomic mass is 9.88. The molecule has 3 heterocycles. The van der Waals surface area contributed by atoms with Crippen molar-refractivity contribution in [3.05, 3.63) is 36.0 Å². The number of carbonyl (C=O) groups excluding carboxylic acids is 3. The predicted molar refractivity (Wildman–Crippen MR) is 102 cm³/mol. The fourth-order valence-electron chi connectivity index (χ4n) is 4.42. The van der Waals surface area contributed by atoms with Gasteiger partial charge in [-0.2, -0.15) is 0 Å². The first kappa shape index (κ1) is 21.3. The summed E-state index contributed by atoms with van der Waals surface area (Å²) >= 11 is 0. The average molecular weight is 406 g/mol. The van der Waals surface area contributed by atoms with Gasteiger partial charge in [0.1, 0.15) is 13.2 Å². The van der Waals surface area contributed by atoms with Crippen molar-refractivity contribution < 1.29 is 38.2 Å². The number of quaternary nitrogens is 1. The summed E-state index contributed by atoms with van der Waals surface area (Å²) in [6.45, 7) is 8.88. The Bertz CT molecular complexity index is 831. The van der Waals surface area contributed by atoms with E-state index in [0.29, 0.717) is 25.1 Å². The van der Waals surface area contributed by atoms with Gasteiger partial charge in [-0.25, -0.2) is 9.59 Å². The lowest BCUT2D eigenvalue weighted by Crippen LogP contribution is -2.61. The van der Waals surface area contributed by atoms with Crippen LogP contribution < -0.4 is 0 Å². The Kier molecular flexibility index (Phi) is 5.21. The summed E-state index contributed by atoms with van der Waals surface area (Å²) in [4.78, 5) is 37.4. The van der Waals surface area contributed by atoms with Crippen LogP contribution in [-0.2, 0) is 28.6 Å². The number of cyclic esters (lactones) is 1. The van der Waals surface area contributed by atoms with Crippen molar-refractivity contribution in [1.29, 1.82) is 0 Å². The van der Waals surface area contributed by atoms with Crippen molar-refractivity contribution >= 4 is 17.9 Å². The summed E-state index contributed by atoms with van der Waals surface area (Å²) in [5, 5.41) is 11.5. The van der Waals surface area contributed by atoms with E-state index in [1.807, 2.05) is 13.1 Å². The van der Waals surface area contributed by atoms with Gasteiger partial charge >= 0.3 is 17.9 Å². The normalized spacial score (nSPS) is 41.6. The lowest BCUT2D eigenvalue weighted by Gasteiger charge is -2.40. The van der Waals surface area contributed by atoms with Gasteiger partial charge in [0.2, 0.25) is 5.60 Å². The number of rotatable bonds is 2. The molecule has 0 saturated carbocycles. The maximum Gasteiger partial charge on any atom is 0.351 e. The molecule has 5 atom stereocenters. The van der Waals surface area contributed by atoms with Crippen molar-refractivity contribution in [3.8, 4) is 0 Å². The van der Waals surface area contributed by atoms with Crippen LogP contribution in [0.4, 0.5) is 0 Å². The Morgan fingerprint density at radius 1 is 1.45 bits per heavy atom. The Hall–Kier alpha value is -2.45. The SMILES string of the molecule is C=C/C1=C/[C@@H](C)[C@@](C)(OC(C)=O)C(=O)OCC2=CC[N+]3(C)CC[C@H](OC1=O)[C@]23O. The van der Waals surface area contributed by atoms with Crippen molar-refractivity contribution in [2.45, 2.75) is 44.6 Å². The summed E-state index contributed by atoms with van der Waals surface area (Å²) < 4.78 is 16.8. The van der Waals surface area contributed by atoms with E-state index in [1.54, 1.807) is 6.92 Å². The van der Waals surface area contributed by atoms with Crippen molar-refractivity contribution in [2.75, 3.05) is 26.7 Å². The number of esters is 3. The summed E-state index contributed by atoms with van der Waals surface area (Å²) in [5.74, 6) is -2.75. The maximum absolute atomic E-state index is 12.9. The fourth-order valence-corrected chi connectivity index (χ4v) is 4.42. The lowest BCUT2D eigenvalue weighted by molar-refractivity contribution is -0.955. The second-order valence-corrected chi connectivity index (χ2v) is 8.33. The van der Waals surface area contributed by atoms with E-state index in [9.17, 15) is 19.5 Å². The topological polar surface area (TPSA) is 99.1 Å². The zero-order valence-electron chi connectivity index (χ0n) is 17.3. The van der Waals surface area contributed by atoms with Crippen molar-refractivity contribution in [1.82, 2.24) is 0 Å². The van der Waals surface area contributed by atoms with E-state index < -0.39 is 41.3 Å². The highest BCUT2D eigenvalue weighted by Gasteiger charge is 2.65. The molecule has 0 radical (unpaired) electrons. The number of carbonyl (C=O) groups is 3. The highest BCUT2D eigenvalue weighted by Crippen LogP contribution is 2.45. The van der Waals surface area contributed by atoms with Crippen LogP contribution in [0.1, 0.15) is 27.2 Å². The number of hydrogen-bond acceptors (Lipinski definition) is 7. The summed E-state index contributed by atoms with van der Waals surface area (Å²) in [7, 11) is 1.88. The zero-order chi connectivity index (χ0) is 21.6. The van der Waals surface area contributed by atoms with E-state index >= 15 is 0 Å². The van der Waals surface area contributed by atoms with Gasteiger partial charge < -0.3 is 19.3 Å². The molecular weight excluding hydrogens is 378 g/mol. The molecule has 29 heavy (non-hydrogen) atoms. The molecule has 0 aromatic heterocycles. The first-order chi connectivity index (χ1) is 13.5. The summed E-state index contributed by atoms with van der Waals surface area (Å²) in [6, 6.07) is 0. The number of nitrogens with zero attached hydrogens (tertiary/aromatic N) is 1. The third-order valence-corrected chi connectivity index (χ3v) is 6.49. The Labute approximate surface area is 170 Å². The van der Waals surface area contributed by atoms with Crippen LogP contribution >= 0.6 is 0 Å². The van der Waals surface area contributed by atoms with Gasteiger partial charge in [-0.15, -0.1) is 0 Å². The van der Waals surface area contributed by atoms with Crippen LogP contribution in [-0.4, -0.2) is 71.7 Å². The molecule has 1 saturated heterocycles. The number of likely N-dealkylation sites (N-methyl/N-ethyl adjacent to an activating group) is 1. The molecule has 0 spiro atoms. The minimum atomic E-state index is -1.66. The largest absolute Gasteiger partial charge is 0.458 e. The quantitative estimate of drug-likeness (QED) is 0.316. The molecule has 3 aliphatic heterocycles. The van der Waals surface area contributed by atoms with Gasteiger partial charge in [0.25, 0.3) is 5.72 Å². The average Bonchev–Trinajstić information content (AvgIpc) is 3.04. The van der Waals surface area contributed by atoms with Crippen LogP contribution in [0.5, 0.6) is 0 Å². The van der Waals surface area contributed by atoms with E-state index in [2.05, 4.69) is 6.58 Å². The minimum absolute atomic E-state index is 0.123. The molecular formula is C21H28NO7+. The van der Waals surface area contributed by atoms with Gasteiger partial charge in [-0.1, -0.05) is 25.7 Å². The van der Waals surface area contributed by atoms with Gasteiger partial charge in [0, 0.05) is 19.3 Å².